The van der Waals surface area contributed by atoms with Crippen LogP contribution in [0.4, 0.5) is 4.39 Å². The maximum Gasteiger partial charge on any atom is 2.00 e. The van der Waals surface area contributed by atoms with Gasteiger partial charge in [-0.3, -0.25) is 4.39 Å². The van der Waals surface area contributed by atoms with Gasteiger partial charge in [-0.25, -0.2) is 8.42 Å². The summed E-state index contributed by atoms with van der Waals surface area (Å²) in [6, 6.07) is 9.72. The van der Waals surface area contributed by atoms with Crippen molar-refractivity contribution < 1.29 is 29.9 Å². The van der Waals surface area contributed by atoms with Gasteiger partial charge in [-0.1, -0.05) is 29.3 Å². The molecule has 0 amide bonds. The van der Waals surface area contributed by atoms with Crippen LogP contribution < -0.4 is 0 Å². The Kier molecular flexibility index (Phi) is 6.67. The first-order valence-corrected chi connectivity index (χ1v) is 10.1. The van der Waals surface area contributed by atoms with Gasteiger partial charge in [-0.05, 0) is 23.6 Å². The van der Waals surface area contributed by atoms with E-state index in [1.807, 2.05) is 6.07 Å². The molecular weight excluding hydrogens is 443 g/mol. The minimum atomic E-state index is -3.16. The van der Waals surface area contributed by atoms with Crippen molar-refractivity contribution in [1.29, 1.82) is 0 Å². The van der Waals surface area contributed by atoms with Gasteiger partial charge in [0, 0.05) is 29.3 Å². The Bertz CT molecular complexity index is 1260. The Morgan fingerprint density at radius 1 is 1.14 bits per heavy atom. The minimum Gasteiger partial charge on any atom is -0.361 e. The normalized spacial score (nSPS) is 11.0. The molecule has 4 rings (SSSR count). The van der Waals surface area contributed by atoms with Crippen LogP contribution in [-0.2, 0) is 26.9 Å². The molecule has 28 heavy (non-hydrogen) atoms. The van der Waals surface area contributed by atoms with Gasteiger partial charge in [0.2, 0.25) is 0 Å². The third-order valence-corrected chi connectivity index (χ3v) is 5.36. The van der Waals surface area contributed by atoms with E-state index in [9.17, 15) is 12.8 Å². The number of nitrogens with zero attached hydrogens (tertiary/aromatic N) is 1. The second-order valence-electron chi connectivity index (χ2n) is 6.10. The van der Waals surface area contributed by atoms with E-state index in [0.29, 0.717) is 21.0 Å². The van der Waals surface area contributed by atoms with Crippen LogP contribution in [0.5, 0.6) is 0 Å². The van der Waals surface area contributed by atoms with Crippen LogP contribution in [0.15, 0.2) is 53.7 Å². The van der Waals surface area contributed by atoms with Crippen molar-refractivity contribution in [2.45, 2.75) is 4.90 Å². The summed E-state index contributed by atoms with van der Waals surface area (Å²) in [5, 5.41) is 2.20. The molecule has 0 spiro atoms. The molecule has 0 aliphatic carbocycles. The van der Waals surface area contributed by atoms with E-state index < -0.39 is 9.84 Å². The zero-order valence-electron chi connectivity index (χ0n) is 14.8. The summed E-state index contributed by atoms with van der Waals surface area (Å²) in [7, 11) is -3.16. The summed E-state index contributed by atoms with van der Waals surface area (Å²) in [6.07, 6.45) is 4.48. The molecule has 0 bridgehead atoms. The second-order valence-corrected chi connectivity index (χ2v) is 8.52. The number of pyridine rings is 1. The maximum atomic E-state index is 12.9. The molecule has 4 aromatic rings. The number of halogens is 2. The molecule has 4 nitrogen and oxygen atoms in total. The summed E-state index contributed by atoms with van der Waals surface area (Å²) in [5.41, 5.74) is 2.61. The monoisotopic (exact) mass is 458 g/mol. The van der Waals surface area contributed by atoms with Crippen LogP contribution >= 0.6 is 11.6 Å². The van der Waals surface area contributed by atoms with E-state index in [4.69, 9.17) is 11.6 Å². The summed E-state index contributed by atoms with van der Waals surface area (Å²) < 4.78 is 35.6. The van der Waals surface area contributed by atoms with Gasteiger partial charge in [0.15, 0.2) is 9.84 Å². The maximum absolute atomic E-state index is 12.9. The van der Waals surface area contributed by atoms with Crippen molar-refractivity contribution in [3.05, 3.63) is 84.6 Å². The standard InChI is InChI=1S/C11H10NO2S.C9H6ClFN.Fe/c1-8-5-9-6-10(15(2,13)14)3-4-11(9)12-7-8;1-5-2-6-7(10)4-12-9(6)3-8(5)11;/h3-7H,1H2,2H3;2-4,12H,1H2;/q2*-1;+2. The summed E-state index contributed by atoms with van der Waals surface area (Å²) in [5.74, 6) is -0.319. The Morgan fingerprint density at radius 3 is 2.54 bits per heavy atom. The molecule has 0 atom stereocenters. The molecule has 2 heterocycles. The molecule has 2 aromatic heterocycles. The number of fused-ring (bicyclic) bond motifs is 2. The van der Waals surface area contributed by atoms with Gasteiger partial charge >= 0.3 is 17.1 Å². The van der Waals surface area contributed by atoms with Crippen molar-refractivity contribution in [3.63, 3.8) is 0 Å². The van der Waals surface area contributed by atoms with Crippen molar-refractivity contribution in [1.82, 2.24) is 9.97 Å². The fraction of sp³-hybridized carbons (Fsp3) is 0.0500. The first-order chi connectivity index (χ1) is 12.6. The number of sulfone groups is 1. The van der Waals surface area contributed by atoms with E-state index in [2.05, 4.69) is 23.8 Å². The first-order valence-electron chi connectivity index (χ1n) is 7.85. The zero-order chi connectivity index (χ0) is 19.8. The van der Waals surface area contributed by atoms with Gasteiger partial charge in [0.1, 0.15) is 0 Å². The number of aromatic amines is 1. The Balaban J connectivity index is 0.000000198. The van der Waals surface area contributed by atoms with Gasteiger partial charge < -0.3 is 9.97 Å². The van der Waals surface area contributed by atoms with E-state index in [1.165, 1.54) is 12.3 Å². The van der Waals surface area contributed by atoms with Crippen LogP contribution in [0.3, 0.4) is 0 Å². The van der Waals surface area contributed by atoms with E-state index in [-0.39, 0.29) is 22.9 Å². The smallest absolute Gasteiger partial charge is 0.361 e. The number of hydrogen-bond acceptors (Lipinski definition) is 3. The van der Waals surface area contributed by atoms with E-state index in [1.54, 1.807) is 36.7 Å². The SMILES string of the molecule is [CH2-]c1cc2c(Cl)c[nH]c2cc1F.[CH2-]c1cnc2ccc(S(C)(=O)=O)cc2c1.[Fe+2]. The number of hydrogen-bond donors (Lipinski definition) is 1. The average Bonchev–Trinajstić information content (AvgIpc) is 2.95. The average molecular weight is 459 g/mol. The summed E-state index contributed by atoms with van der Waals surface area (Å²) in [6.45, 7) is 7.29. The fourth-order valence-electron chi connectivity index (χ4n) is 2.54. The topological polar surface area (TPSA) is 62.8 Å². The molecular formula is C20H16ClFFeN2O2S. The number of H-pyrrole nitrogens is 1. The zero-order valence-corrected chi connectivity index (χ0v) is 17.5. The van der Waals surface area contributed by atoms with Gasteiger partial charge in [0.25, 0.3) is 0 Å². The number of benzene rings is 2. The number of aromatic nitrogens is 2. The Hall–Kier alpha value is -2.18. The fourth-order valence-corrected chi connectivity index (χ4v) is 3.41. The molecule has 0 unspecified atom stereocenters. The number of nitrogens with one attached hydrogen (secondary N) is 1. The third kappa shape index (κ3) is 4.80. The van der Waals surface area contributed by atoms with Crippen LogP contribution in [0.1, 0.15) is 11.1 Å². The van der Waals surface area contributed by atoms with Crippen molar-refractivity contribution in [2.75, 3.05) is 6.26 Å². The molecule has 0 saturated heterocycles. The van der Waals surface area contributed by atoms with E-state index >= 15 is 0 Å². The van der Waals surface area contributed by atoms with Crippen LogP contribution in [0.2, 0.25) is 5.02 Å². The predicted molar refractivity (Wildman–Crippen MR) is 107 cm³/mol. The Morgan fingerprint density at radius 2 is 1.86 bits per heavy atom. The van der Waals surface area contributed by atoms with Crippen LogP contribution in [0, 0.1) is 19.7 Å². The predicted octanol–water partition coefficient (Wildman–Crippen LogP) is 4.96. The van der Waals surface area contributed by atoms with Gasteiger partial charge in [-0.15, -0.1) is 6.07 Å². The quantitative estimate of drug-likeness (QED) is 0.324. The minimum absolute atomic E-state index is 0. The molecule has 1 N–H and O–H groups in total. The molecule has 2 aromatic carbocycles. The molecule has 0 aliphatic heterocycles. The van der Waals surface area contributed by atoms with Crippen LogP contribution in [0.25, 0.3) is 21.8 Å². The molecule has 0 aliphatic rings. The van der Waals surface area contributed by atoms with Crippen molar-refractivity contribution in [2.24, 2.45) is 0 Å². The van der Waals surface area contributed by atoms with Crippen LogP contribution in [-0.4, -0.2) is 24.6 Å². The van der Waals surface area contributed by atoms with E-state index in [0.717, 1.165) is 21.9 Å². The Labute approximate surface area is 178 Å². The largest absolute Gasteiger partial charge is 2.00 e. The van der Waals surface area contributed by atoms with Gasteiger partial charge in [-0.2, -0.15) is 31.0 Å². The first kappa shape index (κ1) is 22.1. The second kappa shape index (κ2) is 8.45. The number of rotatable bonds is 1. The molecule has 146 valence electrons. The van der Waals surface area contributed by atoms with Crippen molar-refractivity contribution in [3.8, 4) is 0 Å². The molecule has 0 fully saturated rings. The van der Waals surface area contributed by atoms with Crippen molar-refractivity contribution >= 4 is 43.2 Å². The third-order valence-electron chi connectivity index (χ3n) is 3.94. The molecule has 0 saturated carbocycles. The molecule has 8 heteroatoms. The summed E-state index contributed by atoms with van der Waals surface area (Å²) in [4.78, 5) is 7.31. The molecule has 0 radical (unpaired) electrons. The van der Waals surface area contributed by atoms with Gasteiger partial charge in [0.05, 0.1) is 9.92 Å². The summed E-state index contributed by atoms with van der Waals surface area (Å²) >= 11 is 5.82.